The van der Waals surface area contributed by atoms with E-state index in [2.05, 4.69) is 20.6 Å². The number of pyridine rings is 1. The number of guanidine groups is 1. The van der Waals surface area contributed by atoms with E-state index in [9.17, 15) is 0 Å². The lowest BCUT2D eigenvalue weighted by molar-refractivity contribution is 0.342. The van der Waals surface area contributed by atoms with Crippen LogP contribution in [0, 0.1) is 0 Å². The molecule has 3 aromatic rings. The molecule has 7 nitrogen and oxygen atoms in total. The summed E-state index contributed by atoms with van der Waals surface area (Å²) in [6.45, 7) is 1.12. The molecule has 2 N–H and O–H groups in total. The molecule has 0 unspecified atom stereocenters. The van der Waals surface area contributed by atoms with E-state index in [0.717, 1.165) is 16.1 Å². The smallest absolute Gasteiger partial charge is 0.219 e. The molecule has 8 heteroatoms. The number of hydrogen-bond acceptors (Lipinski definition) is 5. The molecular weight excluding hydrogens is 416 g/mol. The fourth-order valence-electron chi connectivity index (χ4n) is 2.83. The Morgan fingerprint density at radius 1 is 0.935 bits per heavy atom. The van der Waals surface area contributed by atoms with E-state index < -0.39 is 0 Å². The van der Waals surface area contributed by atoms with Crippen molar-refractivity contribution in [1.82, 2.24) is 15.6 Å². The predicted octanol–water partition coefficient (Wildman–Crippen LogP) is 4.41. The molecule has 1 heterocycles. The van der Waals surface area contributed by atoms with E-state index in [4.69, 9.17) is 25.8 Å². The van der Waals surface area contributed by atoms with Gasteiger partial charge in [0.25, 0.3) is 0 Å². The van der Waals surface area contributed by atoms with Crippen LogP contribution < -0.4 is 24.8 Å². The number of rotatable bonds is 8. The van der Waals surface area contributed by atoms with Gasteiger partial charge < -0.3 is 24.8 Å². The third-order valence-electron chi connectivity index (χ3n) is 4.47. The number of hydrogen-bond donors (Lipinski definition) is 2. The first-order valence-corrected chi connectivity index (χ1v) is 10.0. The van der Waals surface area contributed by atoms with Gasteiger partial charge in [0.2, 0.25) is 11.6 Å². The molecule has 0 spiro atoms. The molecule has 2 aromatic carbocycles. The minimum Gasteiger partial charge on any atom is -0.493 e. The van der Waals surface area contributed by atoms with E-state index in [-0.39, 0.29) is 0 Å². The highest BCUT2D eigenvalue weighted by atomic mass is 35.5. The highest BCUT2D eigenvalue weighted by molar-refractivity contribution is 6.31. The van der Waals surface area contributed by atoms with Gasteiger partial charge in [0, 0.05) is 37.4 Å². The Balaban J connectivity index is 1.58. The summed E-state index contributed by atoms with van der Waals surface area (Å²) >= 11 is 6.20. The Kier molecular flexibility index (Phi) is 7.95. The van der Waals surface area contributed by atoms with Crippen LogP contribution in [0.25, 0.3) is 0 Å². The van der Waals surface area contributed by atoms with Crippen molar-refractivity contribution in [3.8, 4) is 23.1 Å². The molecular formula is C23H25ClN4O3. The third-order valence-corrected chi connectivity index (χ3v) is 4.84. The van der Waals surface area contributed by atoms with Gasteiger partial charge in [0.15, 0.2) is 17.5 Å². The molecule has 0 radical (unpaired) electrons. The van der Waals surface area contributed by atoms with Crippen LogP contribution in [0.4, 0.5) is 0 Å². The van der Waals surface area contributed by atoms with Crippen molar-refractivity contribution in [2.45, 2.75) is 13.1 Å². The van der Waals surface area contributed by atoms with Crippen LogP contribution in [-0.2, 0) is 13.1 Å². The molecule has 1 aromatic heterocycles. The van der Waals surface area contributed by atoms with Gasteiger partial charge in [-0.3, -0.25) is 4.99 Å². The van der Waals surface area contributed by atoms with Crippen LogP contribution >= 0.6 is 11.6 Å². The molecule has 0 aliphatic heterocycles. The summed E-state index contributed by atoms with van der Waals surface area (Å²) in [6.07, 6.45) is 1.74. The van der Waals surface area contributed by atoms with Crippen molar-refractivity contribution in [2.75, 3.05) is 21.3 Å². The molecule has 0 saturated carbocycles. The number of benzene rings is 2. The van der Waals surface area contributed by atoms with Crippen molar-refractivity contribution in [1.29, 1.82) is 0 Å². The highest BCUT2D eigenvalue weighted by Gasteiger charge is 2.13. The molecule has 0 saturated heterocycles. The van der Waals surface area contributed by atoms with Gasteiger partial charge in [-0.2, -0.15) is 0 Å². The Morgan fingerprint density at radius 3 is 2.26 bits per heavy atom. The number of methoxy groups -OCH3 is 2. The zero-order valence-corrected chi connectivity index (χ0v) is 18.4. The average Bonchev–Trinajstić information content (AvgIpc) is 2.81. The number of aliphatic imine (C=N–C) groups is 1. The topological polar surface area (TPSA) is 77.0 Å². The van der Waals surface area contributed by atoms with E-state index in [1.165, 1.54) is 0 Å². The third kappa shape index (κ3) is 6.02. The molecule has 162 valence electrons. The van der Waals surface area contributed by atoms with Crippen molar-refractivity contribution in [2.24, 2.45) is 4.99 Å². The van der Waals surface area contributed by atoms with Gasteiger partial charge in [-0.15, -0.1) is 0 Å². The number of para-hydroxylation sites is 1. The first-order chi connectivity index (χ1) is 15.1. The highest BCUT2D eigenvalue weighted by Crippen LogP contribution is 2.39. The normalized spacial score (nSPS) is 11.0. The molecule has 0 atom stereocenters. The number of aromatic nitrogens is 1. The van der Waals surface area contributed by atoms with Crippen LogP contribution in [0.1, 0.15) is 11.1 Å². The lowest BCUT2D eigenvalue weighted by Crippen LogP contribution is -2.36. The first kappa shape index (κ1) is 22.2. The molecule has 31 heavy (non-hydrogen) atoms. The molecule has 0 bridgehead atoms. The molecule has 0 aliphatic rings. The maximum Gasteiger partial charge on any atom is 0.219 e. The minimum absolute atomic E-state index is 0.438. The van der Waals surface area contributed by atoms with Crippen LogP contribution in [0.2, 0.25) is 5.02 Å². The van der Waals surface area contributed by atoms with Gasteiger partial charge in [-0.25, -0.2) is 4.98 Å². The van der Waals surface area contributed by atoms with Crippen LogP contribution in [0.15, 0.2) is 65.8 Å². The predicted molar refractivity (Wildman–Crippen MR) is 122 cm³/mol. The quantitative estimate of drug-likeness (QED) is 0.399. The summed E-state index contributed by atoms with van der Waals surface area (Å²) < 4.78 is 16.6. The summed E-state index contributed by atoms with van der Waals surface area (Å²) in [4.78, 5) is 8.62. The monoisotopic (exact) mass is 440 g/mol. The Labute approximate surface area is 187 Å². The zero-order valence-electron chi connectivity index (χ0n) is 17.7. The Bertz CT molecular complexity index is 1000. The standard InChI is InChI=1S/C23H25ClN4O3/c1-25-23(28-15-17-7-4-5-8-18(17)24)27-14-16-11-12-21(26-13-16)31-22-19(29-2)9-6-10-20(22)30-3/h4-13H,14-15H2,1-3H3,(H2,25,27,28). The summed E-state index contributed by atoms with van der Waals surface area (Å²) in [5.41, 5.74) is 1.97. The van der Waals surface area contributed by atoms with Gasteiger partial charge in [0.1, 0.15) is 0 Å². The number of nitrogens with zero attached hydrogens (tertiary/aromatic N) is 2. The van der Waals surface area contributed by atoms with E-state index in [1.807, 2.05) is 36.4 Å². The Morgan fingerprint density at radius 2 is 1.65 bits per heavy atom. The fraction of sp³-hybridized carbons (Fsp3) is 0.217. The SMILES string of the molecule is CN=C(NCc1ccc(Oc2c(OC)cccc2OC)nc1)NCc1ccccc1Cl. The van der Waals surface area contributed by atoms with Crippen LogP contribution in [0.5, 0.6) is 23.1 Å². The second kappa shape index (κ2) is 11.1. The summed E-state index contributed by atoms with van der Waals surface area (Å²) in [6, 6.07) is 16.9. The zero-order chi connectivity index (χ0) is 22.1. The largest absolute Gasteiger partial charge is 0.493 e. The maximum atomic E-state index is 6.20. The lowest BCUT2D eigenvalue weighted by Gasteiger charge is -2.14. The van der Waals surface area contributed by atoms with Crippen molar-refractivity contribution in [3.05, 3.63) is 76.9 Å². The lowest BCUT2D eigenvalue weighted by atomic mass is 10.2. The number of nitrogens with one attached hydrogen (secondary N) is 2. The summed E-state index contributed by atoms with van der Waals surface area (Å²) in [7, 11) is 4.88. The fourth-order valence-corrected chi connectivity index (χ4v) is 3.03. The van der Waals surface area contributed by atoms with Crippen LogP contribution in [0.3, 0.4) is 0 Å². The summed E-state index contributed by atoms with van der Waals surface area (Å²) in [5.74, 6) is 2.72. The van der Waals surface area contributed by atoms with Gasteiger partial charge in [-0.1, -0.05) is 41.9 Å². The Hall–Kier alpha value is -3.45. The molecule has 3 rings (SSSR count). The number of ether oxygens (including phenoxy) is 3. The maximum absolute atomic E-state index is 6.20. The van der Waals surface area contributed by atoms with E-state index >= 15 is 0 Å². The van der Waals surface area contributed by atoms with E-state index in [1.54, 1.807) is 45.7 Å². The van der Waals surface area contributed by atoms with Crippen molar-refractivity contribution >= 4 is 17.6 Å². The van der Waals surface area contributed by atoms with Gasteiger partial charge in [-0.05, 0) is 29.3 Å². The molecule has 0 aliphatic carbocycles. The van der Waals surface area contributed by atoms with E-state index in [0.29, 0.717) is 42.2 Å². The van der Waals surface area contributed by atoms with Crippen LogP contribution in [-0.4, -0.2) is 32.2 Å². The summed E-state index contributed by atoms with van der Waals surface area (Å²) in [5, 5.41) is 7.22. The van der Waals surface area contributed by atoms with Gasteiger partial charge >= 0.3 is 0 Å². The molecule has 0 amide bonds. The molecule has 0 fully saturated rings. The number of halogens is 1. The second-order valence-electron chi connectivity index (χ2n) is 6.47. The van der Waals surface area contributed by atoms with Crippen molar-refractivity contribution in [3.63, 3.8) is 0 Å². The van der Waals surface area contributed by atoms with Crippen molar-refractivity contribution < 1.29 is 14.2 Å². The first-order valence-electron chi connectivity index (χ1n) is 9.66. The minimum atomic E-state index is 0.438. The second-order valence-corrected chi connectivity index (χ2v) is 6.88. The average molecular weight is 441 g/mol. The van der Waals surface area contributed by atoms with Gasteiger partial charge in [0.05, 0.1) is 14.2 Å².